The van der Waals surface area contributed by atoms with Crippen LogP contribution in [0.1, 0.15) is 26.3 Å². The fourth-order valence-corrected chi connectivity index (χ4v) is 1.68. The number of ether oxygens (including phenoxy) is 1. The van der Waals surface area contributed by atoms with Gasteiger partial charge in [-0.1, -0.05) is 12.1 Å². The highest BCUT2D eigenvalue weighted by Gasteiger charge is 2.11. The lowest BCUT2D eigenvalue weighted by Crippen LogP contribution is -2.14. The van der Waals surface area contributed by atoms with E-state index in [0.717, 1.165) is 0 Å². The molecule has 0 bridgehead atoms. The van der Waals surface area contributed by atoms with Crippen molar-refractivity contribution in [1.29, 1.82) is 0 Å². The fourth-order valence-electron chi connectivity index (χ4n) is 1.68. The number of benzene rings is 2. The second-order valence-corrected chi connectivity index (χ2v) is 4.36. The normalized spacial score (nSPS) is 10.2. The molecule has 0 aliphatic heterocycles. The summed E-state index contributed by atoms with van der Waals surface area (Å²) >= 11 is 0. The van der Waals surface area contributed by atoms with Crippen LogP contribution < -0.4 is 0 Å². The van der Waals surface area contributed by atoms with E-state index in [9.17, 15) is 14.0 Å². The van der Waals surface area contributed by atoms with Gasteiger partial charge in [0.25, 0.3) is 0 Å². The maximum atomic E-state index is 12.7. The highest BCUT2D eigenvalue weighted by atomic mass is 19.1. The average Bonchev–Trinajstić information content (AvgIpc) is 2.53. The van der Waals surface area contributed by atoms with E-state index in [4.69, 9.17) is 9.84 Å². The van der Waals surface area contributed by atoms with Crippen LogP contribution in [-0.2, 0) is 11.3 Å². The van der Waals surface area contributed by atoms with Crippen molar-refractivity contribution in [2.45, 2.75) is 6.61 Å². The number of carbonyl (C=O) groups is 2. The summed E-state index contributed by atoms with van der Waals surface area (Å²) in [5.41, 5.74) is 1.24. The number of hydrogen-bond donors (Lipinski definition) is 1. The molecule has 0 radical (unpaired) electrons. The smallest absolute Gasteiger partial charge is 0.338 e. The molecule has 0 aromatic heterocycles. The number of hydrogen-bond acceptors (Lipinski definition) is 4. The molecule has 4 nitrogen and oxygen atoms in total. The minimum Gasteiger partial charge on any atom is -0.454 e. The summed E-state index contributed by atoms with van der Waals surface area (Å²) in [7, 11) is 0. The first-order chi connectivity index (χ1) is 10.1. The summed E-state index contributed by atoms with van der Waals surface area (Å²) in [4.78, 5) is 23.5. The van der Waals surface area contributed by atoms with Gasteiger partial charge in [0.2, 0.25) is 0 Å². The molecule has 0 saturated carbocycles. The van der Waals surface area contributed by atoms with Crippen molar-refractivity contribution in [1.82, 2.24) is 0 Å². The third-order valence-electron chi connectivity index (χ3n) is 2.87. The zero-order chi connectivity index (χ0) is 15.2. The van der Waals surface area contributed by atoms with Gasteiger partial charge in [0.15, 0.2) is 12.4 Å². The zero-order valence-corrected chi connectivity index (χ0v) is 11.1. The zero-order valence-electron chi connectivity index (χ0n) is 11.1. The Balaban J connectivity index is 1.93. The Morgan fingerprint density at radius 3 is 2.10 bits per heavy atom. The number of Topliss-reactive ketones (excluding diaryl/α,β-unsaturated/α-hetero) is 1. The third kappa shape index (κ3) is 3.97. The molecular weight excluding hydrogens is 275 g/mol. The van der Waals surface area contributed by atoms with Crippen molar-refractivity contribution in [3.8, 4) is 0 Å². The molecule has 2 rings (SSSR count). The number of carbonyl (C=O) groups excluding carboxylic acids is 2. The molecule has 1 N–H and O–H groups in total. The summed E-state index contributed by atoms with van der Waals surface area (Å²) in [6.45, 7) is -0.523. The Kier molecular flexibility index (Phi) is 4.79. The van der Waals surface area contributed by atoms with Gasteiger partial charge in [0, 0.05) is 5.56 Å². The maximum Gasteiger partial charge on any atom is 0.338 e. The summed E-state index contributed by atoms with van der Waals surface area (Å²) in [6, 6.07) is 11.2. The van der Waals surface area contributed by atoms with Crippen molar-refractivity contribution >= 4 is 11.8 Å². The number of rotatable bonds is 5. The van der Waals surface area contributed by atoms with Crippen molar-refractivity contribution < 1.29 is 23.8 Å². The molecule has 0 fully saturated rings. The summed E-state index contributed by atoms with van der Waals surface area (Å²) < 4.78 is 17.6. The Hall–Kier alpha value is -2.53. The summed E-state index contributed by atoms with van der Waals surface area (Å²) in [5.74, 6) is -1.47. The Morgan fingerprint density at radius 2 is 1.52 bits per heavy atom. The van der Waals surface area contributed by atoms with Crippen molar-refractivity contribution in [3.63, 3.8) is 0 Å². The molecule has 0 aliphatic rings. The first kappa shape index (κ1) is 14.9. The van der Waals surface area contributed by atoms with E-state index >= 15 is 0 Å². The molecule has 2 aromatic rings. The van der Waals surface area contributed by atoms with Crippen molar-refractivity contribution in [3.05, 3.63) is 71.0 Å². The molecule has 2 aromatic carbocycles. The maximum absolute atomic E-state index is 12.7. The SMILES string of the molecule is O=C(COC(=O)c1ccc(CO)cc1)c1ccc(F)cc1. The van der Waals surface area contributed by atoms with Gasteiger partial charge < -0.3 is 9.84 Å². The number of aliphatic hydroxyl groups excluding tert-OH is 1. The van der Waals surface area contributed by atoms with E-state index in [1.54, 1.807) is 12.1 Å². The third-order valence-corrected chi connectivity index (χ3v) is 2.87. The molecule has 21 heavy (non-hydrogen) atoms. The number of halogens is 1. The molecule has 0 amide bonds. The fraction of sp³-hybridized carbons (Fsp3) is 0.125. The van der Waals surface area contributed by atoms with E-state index < -0.39 is 24.2 Å². The van der Waals surface area contributed by atoms with E-state index in [2.05, 4.69) is 0 Å². The standard InChI is InChI=1S/C16H13FO4/c17-14-7-5-12(6-8-14)15(19)10-21-16(20)13-3-1-11(9-18)2-4-13/h1-8,18H,9-10H2. The van der Waals surface area contributed by atoms with Gasteiger partial charge in [0.05, 0.1) is 12.2 Å². The minimum absolute atomic E-state index is 0.113. The minimum atomic E-state index is -0.630. The van der Waals surface area contributed by atoms with Gasteiger partial charge in [-0.15, -0.1) is 0 Å². The van der Waals surface area contributed by atoms with Crippen LogP contribution >= 0.6 is 0 Å². The van der Waals surface area contributed by atoms with Crippen molar-refractivity contribution in [2.75, 3.05) is 6.61 Å². The highest BCUT2D eigenvalue weighted by molar-refractivity contribution is 5.99. The van der Waals surface area contributed by atoms with Crippen molar-refractivity contribution in [2.24, 2.45) is 0 Å². The molecule has 0 aliphatic carbocycles. The van der Waals surface area contributed by atoms with Gasteiger partial charge in [-0.05, 0) is 42.0 Å². The molecule has 0 atom stereocenters. The van der Waals surface area contributed by atoms with Crippen LogP contribution in [-0.4, -0.2) is 23.5 Å². The predicted octanol–water partition coefficient (Wildman–Crippen LogP) is 2.36. The van der Waals surface area contributed by atoms with E-state index in [1.807, 2.05) is 0 Å². The monoisotopic (exact) mass is 288 g/mol. The Labute approximate surface area is 120 Å². The molecular formula is C16H13FO4. The highest BCUT2D eigenvalue weighted by Crippen LogP contribution is 2.08. The second kappa shape index (κ2) is 6.76. The van der Waals surface area contributed by atoms with Crippen LogP contribution in [0.25, 0.3) is 0 Å². The topological polar surface area (TPSA) is 63.6 Å². The average molecular weight is 288 g/mol. The van der Waals surface area contributed by atoms with Crippen LogP contribution in [0.5, 0.6) is 0 Å². The quantitative estimate of drug-likeness (QED) is 0.677. The Bertz CT molecular complexity index is 632. The molecule has 0 spiro atoms. The number of aliphatic hydroxyl groups is 1. The van der Waals surface area contributed by atoms with Crippen LogP contribution in [0, 0.1) is 5.82 Å². The summed E-state index contributed by atoms with van der Waals surface area (Å²) in [6.07, 6.45) is 0. The molecule has 5 heteroatoms. The lowest BCUT2D eigenvalue weighted by atomic mass is 10.1. The van der Waals surface area contributed by atoms with E-state index in [-0.39, 0.29) is 12.2 Å². The van der Waals surface area contributed by atoms with E-state index in [0.29, 0.717) is 11.1 Å². The van der Waals surface area contributed by atoms with Gasteiger partial charge >= 0.3 is 5.97 Å². The van der Waals surface area contributed by atoms with Crippen LogP contribution in [0.4, 0.5) is 4.39 Å². The largest absolute Gasteiger partial charge is 0.454 e. The van der Waals surface area contributed by atoms with Gasteiger partial charge in [-0.2, -0.15) is 0 Å². The number of esters is 1. The first-order valence-electron chi connectivity index (χ1n) is 6.26. The Morgan fingerprint density at radius 1 is 0.952 bits per heavy atom. The summed E-state index contributed by atoms with van der Waals surface area (Å²) in [5, 5.41) is 8.90. The van der Waals surface area contributed by atoms with Crippen LogP contribution in [0.15, 0.2) is 48.5 Å². The van der Waals surface area contributed by atoms with Gasteiger partial charge in [-0.3, -0.25) is 4.79 Å². The lowest BCUT2D eigenvalue weighted by Gasteiger charge is -2.05. The predicted molar refractivity (Wildman–Crippen MR) is 73.4 cm³/mol. The lowest BCUT2D eigenvalue weighted by molar-refractivity contribution is 0.0474. The van der Waals surface area contributed by atoms with E-state index in [1.165, 1.54) is 36.4 Å². The van der Waals surface area contributed by atoms with Crippen LogP contribution in [0.2, 0.25) is 0 Å². The molecule has 0 saturated heterocycles. The molecule has 108 valence electrons. The second-order valence-electron chi connectivity index (χ2n) is 4.36. The van der Waals surface area contributed by atoms with Gasteiger partial charge in [0.1, 0.15) is 5.82 Å². The van der Waals surface area contributed by atoms with Gasteiger partial charge in [-0.25, -0.2) is 9.18 Å². The molecule has 0 heterocycles. The first-order valence-corrected chi connectivity index (χ1v) is 6.26. The number of ketones is 1. The molecule has 0 unspecified atom stereocenters. The van der Waals surface area contributed by atoms with Crippen LogP contribution in [0.3, 0.4) is 0 Å².